The molecule has 2 nitrogen and oxygen atoms in total. The highest BCUT2D eigenvalue weighted by molar-refractivity contribution is 4.70. The molecule has 1 rings (SSSR count). The molecular weight excluding hydrogens is 160 g/mol. The zero-order valence-electron chi connectivity index (χ0n) is 9.42. The Hall–Kier alpha value is -0.0800. The third kappa shape index (κ3) is 3.65. The van der Waals surface area contributed by atoms with Gasteiger partial charge in [-0.2, -0.15) is 0 Å². The Morgan fingerprint density at radius 2 is 2.00 bits per heavy atom. The van der Waals surface area contributed by atoms with Crippen LogP contribution >= 0.6 is 0 Å². The first-order chi connectivity index (χ1) is 6.24. The number of rotatable bonds is 4. The van der Waals surface area contributed by atoms with Crippen molar-refractivity contribution in [3.63, 3.8) is 0 Å². The van der Waals surface area contributed by atoms with E-state index in [0.29, 0.717) is 6.04 Å². The zero-order valence-corrected chi connectivity index (χ0v) is 9.42. The van der Waals surface area contributed by atoms with E-state index >= 15 is 0 Å². The standard InChI is InChI=1S/C11H24N2/c1-4-5-7-12-8-6-9-13(10-12)11(2)3/h11H,4-10H2,1-3H3. The Balaban J connectivity index is 2.25. The molecule has 0 aromatic rings. The van der Waals surface area contributed by atoms with Gasteiger partial charge in [0.15, 0.2) is 0 Å². The lowest BCUT2D eigenvalue weighted by Gasteiger charge is -2.37. The van der Waals surface area contributed by atoms with Crippen LogP contribution in [0.1, 0.15) is 40.0 Å². The highest BCUT2D eigenvalue weighted by Gasteiger charge is 2.18. The summed E-state index contributed by atoms with van der Waals surface area (Å²) in [7, 11) is 0. The van der Waals surface area contributed by atoms with Gasteiger partial charge >= 0.3 is 0 Å². The highest BCUT2D eigenvalue weighted by Crippen LogP contribution is 2.09. The van der Waals surface area contributed by atoms with Crippen LogP contribution in [0.3, 0.4) is 0 Å². The van der Waals surface area contributed by atoms with E-state index in [2.05, 4.69) is 30.6 Å². The minimum absolute atomic E-state index is 0.712. The largest absolute Gasteiger partial charge is 0.290 e. The number of hydrogen-bond donors (Lipinski definition) is 0. The quantitative estimate of drug-likeness (QED) is 0.660. The summed E-state index contributed by atoms with van der Waals surface area (Å²) in [6, 6.07) is 0.712. The fourth-order valence-corrected chi connectivity index (χ4v) is 1.88. The zero-order chi connectivity index (χ0) is 9.68. The van der Waals surface area contributed by atoms with Crippen molar-refractivity contribution in [2.24, 2.45) is 0 Å². The smallest absolute Gasteiger partial charge is 0.0508 e. The van der Waals surface area contributed by atoms with Crippen LogP contribution in [0, 0.1) is 0 Å². The van der Waals surface area contributed by atoms with Gasteiger partial charge in [-0.25, -0.2) is 0 Å². The van der Waals surface area contributed by atoms with E-state index in [9.17, 15) is 0 Å². The normalized spacial score (nSPS) is 21.2. The SMILES string of the molecule is CCCCN1CCCN(C(C)C)C1. The number of nitrogens with zero attached hydrogens (tertiary/aromatic N) is 2. The Morgan fingerprint density at radius 1 is 1.23 bits per heavy atom. The van der Waals surface area contributed by atoms with E-state index in [1.807, 2.05) is 0 Å². The van der Waals surface area contributed by atoms with E-state index in [1.54, 1.807) is 0 Å². The molecule has 0 N–H and O–H groups in total. The van der Waals surface area contributed by atoms with Gasteiger partial charge in [0.2, 0.25) is 0 Å². The first-order valence-electron chi connectivity index (χ1n) is 5.70. The van der Waals surface area contributed by atoms with Crippen LogP contribution in [0.5, 0.6) is 0 Å². The van der Waals surface area contributed by atoms with E-state index < -0.39 is 0 Å². The summed E-state index contributed by atoms with van der Waals surface area (Å²) in [6.45, 7) is 11.9. The number of unbranched alkanes of at least 4 members (excludes halogenated alkanes) is 1. The van der Waals surface area contributed by atoms with Gasteiger partial charge in [0.25, 0.3) is 0 Å². The molecule has 1 heterocycles. The second-order valence-corrected chi connectivity index (χ2v) is 4.37. The molecule has 2 heteroatoms. The first-order valence-corrected chi connectivity index (χ1v) is 5.70. The third-order valence-electron chi connectivity index (χ3n) is 2.86. The van der Waals surface area contributed by atoms with Gasteiger partial charge in [0.1, 0.15) is 0 Å². The minimum Gasteiger partial charge on any atom is -0.290 e. The van der Waals surface area contributed by atoms with Crippen LogP contribution < -0.4 is 0 Å². The average Bonchev–Trinajstić information content (AvgIpc) is 2.15. The van der Waals surface area contributed by atoms with Crippen molar-refractivity contribution in [3.05, 3.63) is 0 Å². The van der Waals surface area contributed by atoms with Crippen LogP contribution in [-0.4, -0.2) is 42.1 Å². The van der Waals surface area contributed by atoms with Crippen molar-refractivity contribution in [2.75, 3.05) is 26.3 Å². The molecule has 0 amide bonds. The maximum absolute atomic E-state index is 2.59. The van der Waals surface area contributed by atoms with Gasteiger partial charge in [-0.05, 0) is 33.2 Å². The van der Waals surface area contributed by atoms with Gasteiger partial charge in [-0.3, -0.25) is 9.80 Å². The molecule has 0 radical (unpaired) electrons. The molecule has 0 aromatic carbocycles. The lowest BCUT2D eigenvalue weighted by Crippen LogP contribution is -2.47. The Bertz CT molecular complexity index is 134. The molecule has 0 unspecified atom stereocenters. The van der Waals surface area contributed by atoms with Crippen molar-refractivity contribution in [1.29, 1.82) is 0 Å². The molecule has 1 saturated heterocycles. The summed E-state index contributed by atoms with van der Waals surface area (Å²) in [5.41, 5.74) is 0. The molecule has 0 atom stereocenters. The monoisotopic (exact) mass is 184 g/mol. The Morgan fingerprint density at radius 3 is 2.62 bits per heavy atom. The summed E-state index contributed by atoms with van der Waals surface area (Å²) >= 11 is 0. The molecule has 0 aromatic heterocycles. The Kier molecular flexibility index (Phi) is 4.74. The summed E-state index contributed by atoms with van der Waals surface area (Å²) < 4.78 is 0. The maximum Gasteiger partial charge on any atom is 0.0508 e. The molecule has 1 fully saturated rings. The van der Waals surface area contributed by atoms with E-state index in [1.165, 1.54) is 45.6 Å². The van der Waals surface area contributed by atoms with Gasteiger partial charge in [0, 0.05) is 19.1 Å². The number of hydrogen-bond acceptors (Lipinski definition) is 2. The average molecular weight is 184 g/mol. The Labute approximate surface area is 82.9 Å². The van der Waals surface area contributed by atoms with Crippen LogP contribution in [0.25, 0.3) is 0 Å². The van der Waals surface area contributed by atoms with E-state index in [-0.39, 0.29) is 0 Å². The second kappa shape index (κ2) is 5.61. The summed E-state index contributed by atoms with van der Waals surface area (Å²) in [5.74, 6) is 0. The summed E-state index contributed by atoms with van der Waals surface area (Å²) in [6.07, 6.45) is 4.02. The molecule has 13 heavy (non-hydrogen) atoms. The summed E-state index contributed by atoms with van der Waals surface area (Å²) in [5, 5.41) is 0. The lowest BCUT2D eigenvalue weighted by atomic mass is 10.2. The fourth-order valence-electron chi connectivity index (χ4n) is 1.88. The molecule has 0 saturated carbocycles. The van der Waals surface area contributed by atoms with Gasteiger partial charge in [-0.15, -0.1) is 0 Å². The molecule has 1 aliphatic rings. The molecule has 1 aliphatic heterocycles. The van der Waals surface area contributed by atoms with Gasteiger partial charge in [0.05, 0.1) is 6.67 Å². The molecule has 0 bridgehead atoms. The van der Waals surface area contributed by atoms with Crippen molar-refractivity contribution in [2.45, 2.75) is 46.1 Å². The lowest BCUT2D eigenvalue weighted by molar-refractivity contribution is 0.0621. The molecule has 0 aliphatic carbocycles. The van der Waals surface area contributed by atoms with Crippen LogP contribution in [0.4, 0.5) is 0 Å². The maximum atomic E-state index is 2.59. The topological polar surface area (TPSA) is 6.48 Å². The molecule has 78 valence electrons. The molecule has 0 spiro atoms. The predicted octanol–water partition coefficient (Wildman–Crippen LogP) is 2.16. The van der Waals surface area contributed by atoms with E-state index in [4.69, 9.17) is 0 Å². The predicted molar refractivity (Wildman–Crippen MR) is 57.8 cm³/mol. The minimum atomic E-state index is 0.712. The summed E-state index contributed by atoms with van der Waals surface area (Å²) in [4.78, 5) is 5.16. The highest BCUT2D eigenvalue weighted by atomic mass is 15.3. The van der Waals surface area contributed by atoms with Gasteiger partial charge < -0.3 is 0 Å². The van der Waals surface area contributed by atoms with Crippen LogP contribution in [0.2, 0.25) is 0 Å². The van der Waals surface area contributed by atoms with Crippen molar-refractivity contribution < 1.29 is 0 Å². The van der Waals surface area contributed by atoms with Crippen molar-refractivity contribution in [1.82, 2.24) is 9.80 Å². The van der Waals surface area contributed by atoms with Gasteiger partial charge in [-0.1, -0.05) is 13.3 Å². The second-order valence-electron chi connectivity index (χ2n) is 4.37. The fraction of sp³-hybridized carbons (Fsp3) is 1.00. The van der Waals surface area contributed by atoms with E-state index in [0.717, 1.165) is 0 Å². The van der Waals surface area contributed by atoms with Crippen molar-refractivity contribution in [3.8, 4) is 0 Å². The van der Waals surface area contributed by atoms with Crippen LogP contribution in [0.15, 0.2) is 0 Å². The third-order valence-corrected chi connectivity index (χ3v) is 2.86. The van der Waals surface area contributed by atoms with Crippen LogP contribution in [-0.2, 0) is 0 Å². The molecular formula is C11H24N2. The van der Waals surface area contributed by atoms with Crippen molar-refractivity contribution >= 4 is 0 Å². The first kappa shape index (κ1) is 11.0.